The van der Waals surface area contributed by atoms with Crippen LogP contribution in [-0.2, 0) is 33.3 Å². The lowest BCUT2D eigenvalue weighted by atomic mass is 9.51. The Hall–Kier alpha value is -2.04. The molecule has 0 unspecified atom stereocenters. The topological polar surface area (TPSA) is 124 Å². The lowest BCUT2D eigenvalue weighted by Crippen LogP contribution is -2.66. The Morgan fingerprint density at radius 1 is 1.08 bits per heavy atom. The van der Waals surface area contributed by atoms with Crippen molar-refractivity contribution in [2.45, 2.75) is 101 Å². The zero-order valence-corrected chi connectivity index (χ0v) is 22.3. The smallest absolute Gasteiger partial charge is 0.330 e. The van der Waals surface area contributed by atoms with Gasteiger partial charge in [0.05, 0.1) is 36.9 Å². The van der Waals surface area contributed by atoms with E-state index in [2.05, 4.69) is 19.9 Å². The van der Waals surface area contributed by atoms with Crippen LogP contribution in [0.4, 0.5) is 0 Å². The summed E-state index contributed by atoms with van der Waals surface area (Å²) in [7, 11) is 0. The van der Waals surface area contributed by atoms with E-state index in [9.17, 15) is 19.8 Å². The molecule has 0 aromatic heterocycles. The van der Waals surface area contributed by atoms with Crippen molar-refractivity contribution in [3.8, 4) is 0 Å². The Morgan fingerprint density at radius 2 is 1.87 bits per heavy atom. The number of ether oxygens (including phenoxy) is 5. The largest absolute Gasteiger partial charge is 0.462 e. The highest BCUT2D eigenvalue weighted by Crippen LogP contribution is 2.72. The van der Waals surface area contributed by atoms with Crippen LogP contribution in [0.3, 0.4) is 0 Å². The molecule has 0 radical (unpaired) electrons. The second kappa shape index (κ2) is 8.99. The number of epoxide rings is 1. The first-order chi connectivity index (χ1) is 18.1. The molecule has 4 heterocycles. The van der Waals surface area contributed by atoms with Crippen molar-refractivity contribution in [2.75, 3.05) is 19.8 Å². The molecule has 4 aliphatic heterocycles. The highest BCUT2D eigenvalue weighted by molar-refractivity contribution is 5.83. The van der Waals surface area contributed by atoms with E-state index in [1.165, 1.54) is 17.7 Å². The molecule has 38 heavy (non-hydrogen) atoms. The van der Waals surface area contributed by atoms with Crippen LogP contribution in [0.15, 0.2) is 35.5 Å². The molecule has 6 rings (SSSR count). The molecule has 9 atom stereocenters. The van der Waals surface area contributed by atoms with Crippen LogP contribution < -0.4 is 0 Å². The van der Waals surface area contributed by atoms with Gasteiger partial charge in [-0.05, 0) is 51.5 Å². The van der Waals surface area contributed by atoms with Crippen LogP contribution in [0, 0.1) is 10.8 Å². The van der Waals surface area contributed by atoms with E-state index in [-0.39, 0.29) is 31.8 Å². The molecular formula is C29H38O9. The molecule has 208 valence electrons. The van der Waals surface area contributed by atoms with E-state index >= 15 is 0 Å². The van der Waals surface area contributed by atoms with Gasteiger partial charge in [-0.15, -0.1) is 0 Å². The maximum atomic E-state index is 13.2. The van der Waals surface area contributed by atoms with Gasteiger partial charge in [-0.3, -0.25) is 0 Å². The normalized spacial score (nSPS) is 49.6. The summed E-state index contributed by atoms with van der Waals surface area (Å²) in [6, 6.07) is 0. The van der Waals surface area contributed by atoms with Gasteiger partial charge in [-0.25, -0.2) is 9.59 Å². The third kappa shape index (κ3) is 3.55. The number of aliphatic hydroxyl groups excluding tert-OH is 2. The van der Waals surface area contributed by atoms with Crippen LogP contribution in [0.2, 0.25) is 0 Å². The number of aliphatic hydroxyl groups is 2. The monoisotopic (exact) mass is 530 g/mol. The maximum Gasteiger partial charge on any atom is 0.330 e. The zero-order valence-electron chi connectivity index (χ0n) is 22.3. The molecule has 0 aromatic carbocycles. The number of hydrogen-bond acceptors (Lipinski definition) is 9. The van der Waals surface area contributed by atoms with Crippen LogP contribution in [0.1, 0.15) is 59.3 Å². The summed E-state index contributed by atoms with van der Waals surface area (Å²) in [5.41, 5.74) is -1.48. The van der Waals surface area contributed by atoms with Crippen molar-refractivity contribution in [1.82, 2.24) is 0 Å². The first-order valence-electron chi connectivity index (χ1n) is 13.8. The predicted octanol–water partition coefficient (Wildman–Crippen LogP) is 2.29. The van der Waals surface area contributed by atoms with E-state index in [0.717, 1.165) is 6.42 Å². The summed E-state index contributed by atoms with van der Waals surface area (Å²) in [5, 5.41) is 21.8. The Labute approximate surface area is 222 Å². The van der Waals surface area contributed by atoms with E-state index < -0.39 is 52.3 Å². The molecule has 0 aromatic rings. The SMILES string of the molecule is CC1=C[C@H]2O[C@@H]3C[C@H]4OC(=O)/C=C\CC[C@@]5([C@H](C)O)OCC/C(=C\C(=O)OC[C@@]2(CC1)[C@]4(C)[C@]31CO1)[C@@H]5O. The summed E-state index contributed by atoms with van der Waals surface area (Å²) in [5.74, 6) is -1.02. The number of rotatable bonds is 1. The molecule has 3 saturated heterocycles. The molecule has 2 N–H and O–H groups in total. The number of carbonyl (C=O) groups excluding carboxylic acids is 2. The lowest BCUT2D eigenvalue weighted by Gasteiger charge is -2.58. The van der Waals surface area contributed by atoms with Gasteiger partial charge < -0.3 is 33.9 Å². The highest BCUT2D eigenvalue weighted by atomic mass is 16.6. The number of carbonyl (C=O) groups is 2. The number of fused-ring (bicyclic) bond motifs is 2. The van der Waals surface area contributed by atoms with Crippen LogP contribution in [0.25, 0.3) is 0 Å². The van der Waals surface area contributed by atoms with Gasteiger partial charge in [0, 0.05) is 24.0 Å². The number of cyclic esters (lactones) is 1. The zero-order chi connectivity index (χ0) is 26.9. The van der Waals surface area contributed by atoms with Gasteiger partial charge in [0.25, 0.3) is 0 Å². The van der Waals surface area contributed by atoms with Gasteiger partial charge in [0.15, 0.2) is 0 Å². The molecule has 9 nitrogen and oxygen atoms in total. The van der Waals surface area contributed by atoms with Crippen molar-refractivity contribution in [3.05, 3.63) is 35.5 Å². The Bertz CT molecular complexity index is 1100. The Balaban J connectivity index is 1.41. The molecule has 4 fully saturated rings. The predicted molar refractivity (Wildman–Crippen MR) is 134 cm³/mol. The minimum atomic E-state index is -1.29. The first kappa shape index (κ1) is 26.2. The molecule has 1 saturated carbocycles. The van der Waals surface area contributed by atoms with E-state index in [0.29, 0.717) is 37.9 Å². The first-order valence-corrected chi connectivity index (χ1v) is 13.8. The third-order valence-corrected chi connectivity index (χ3v) is 10.5. The molecular weight excluding hydrogens is 492 g/mol. The second-order valence-corrected chi connectivity index (χ2v) is 12.2. The second-order valence-electron chi connectivity index (χ2n) is 12.2. The summed E-state index contributed by atoms with van der Waals surface area (Å²) in [6.45, 7) is 6.58. The van der Waals surface area contributed by atoms with E-state index in [1.807, 2.05) is 0 Å². The Kier molecular flexibility index (Phi) is 6.20. The fourth-order valence-electron chi connectivity index (χ4n) is 8.00. The van der Waals surface area contributed by atoms with Crippen LogP contribution in [-0.4, -0.2) is 83.7 Å². The molecule has 0 amide bonds. The molecule has 6 aliphatic rings. The standard InChI is InChI=1S/C29H38O9/c1-17-7-10-27-15-34-24(32)13-19-8-11-35-28(18(2)30,25(19)33)9-5-4-6-23(31)38-20-14-22(37-21(27)12-17)29(16-36-29)26(20,27)3/h4,6,12-13,18,20-22,25,30,33H,5,7-11,14-16H2,1-3H3/b6-4-,19-13+/t18-,20+,21+,22+,25-,26+,27+,28-,29-/m0/s1. The quantitative estimate of drug-likeness (QED) is 0.299. The number of allylic oxidation sites excluding steroid dienone is 2. The fourth-order valence-corrected chi connectivity index (χ4v) is 8.00. The fraction of sp³-hybridized carbons (Fsp3) is 0.724. The molecule has 2 aliphatic carbocycles. The summed E-state index contributed by atoms with van der Waals surface area (Å²) in [6.07, 6.45) is 6.38. The molecule has 2 spiro atoms. The van der Waals surface area contributed by atoms with Gasteiger partial charge in [-0.1, -0.05) is 24.6 Å². The van der Waals surface area contributed by atoms with Crippen molar-refractivity contribution in [1.29, 1.82) is 0 Å². The van der Waals surface area contributed by atoms with Crippen molar-refractivity contribution < 1.29 is 43.5 Å². The van der Waals surface area contributed by atoms with E-state index in [4.69, 9.17) is 23.7 Å². The molecule has 4 bridgehead atoms. The summed E-state index contributed by atoms with van der Waals surface area (Å²) >= 11 is 0. The Morgan fingerprint density at radius 3 is 2.61 bits per heavy atom. The number of esters is 2. The van der Waals surface area contributed by atoms with Gasteiger partial charge in [0.1, 0.15) is 30.0 Å². The van der Waals surface area contributed by atoms with E-state index in [1.54, 1.807) is 13.0 Å². The van der Waals surface area contributed by atoms with Crippen molar-refractivity contribution in [2.24, 2.45) is 10.8 Å². The highest BCUT2D eigenvalue weighted by Gasteiger charge is 2.83. The maximum absolute atomic E-state index is 13.2. The minimum Gasteiger partial charge on any atom is -0.462 e. The lowest BCUT2D eigenvalue weighted by molar-refractivity contribution is -0.232. The average molecular weight is 531 g/mol. The van der Waals surface area contributed by atoms with Crippen LogP contribution >= 0.6 is 0 Å². The minimum absolute atomic E-state index is 0.0659. The van der Waals surface area contributed by atoms with Gasteiger partial charge in [-0.2, -0.15) is 0 Å². The van der Waals surface area contributed by atoms with Gasteiger partial charge in [0.2, 0.25) is 0 Å². The van der Waals surface area contributed by atoms with Crippen molar-refractivity contribution >= 4 is 11.9 Å². The molecule has 9 heteroatoms. The van der Waals surface area contributed by atoms with Gasteiger partial charge >= 0.3 is 11.9 Å². The van der Waals surface area contributed by atoms with Crippen LogP contribution in [0.5, 0.6) is 0 Å². The van der Waals surface area contributed by atoms with Crippen molar-refractivity contribution in [3.63, 3.8) is 0 Å². The average Bonchev–Trinajstić information content (AvgIpc) is 3.65. The third-order valence-electron chi connectivity index (χ3n) is 10.5. The summed E-state index contributed by atoms with van der Waals surface area (Å²) < 4.78 is 30.8. The summed E-state index contributed by atoms with van der Waals surface area (Å²) in [4.78, 5) is 26.3. The number of hydrogen-bond donors (Lipinski definition) is 2.